The maximum absolute atomic E-state index is 13.0. The highest BCUT2D eigenvalue weighted by Gasteiger charge is 2.34. The van der Waals surface area contributed by atoms with Crippen LogP contribution in [0.15, 0.2) is 30.6 Å². The van der Waals surface area contributed by atoms with Crippen LogP contribution in [0.25, 0.3) is 5.78 Å². The molecule has 0 atom stereocenters. The van der Waals surface area contributed by atoms with E-state index in [0.29, 0.717) is 11.4 Å². The number of hydrogen-bond acceptors (Lipinski definition) is 6. The Morgan fingerprint density at radius 3 is 2.76 bits per heavy atom. The van der Waals surface area contributed by atoms with E-state index in [1.165, 1.54) is 4.52 Å². The Hall–Kier alpha value is -2.88. The van der Waals surface area contributed by atoms with Gasteiger partial charge in [0.05, 0.1) is 6.61 Å². The molecule has 0 radical (unpaired) electrons. The van der Waals surface area contributed by atoms with Crippen molar-refractivity contribution < 1.29 is 23.0 Å². The number of aromatic nitrogens is 4. The molecule has 132 valence electrons. The van der Waals surface area contributed by atoms with Crippen molar-refractivity contribution in [2.75, 3.05) is 18.5 Å². The van der Waals surface area contributed by atoms with Gasteiger partial charge in [-0.2, -0.15) is 27.8 Å². The van der Waals surface area contributed by atoms with Gasteiger partial charge in [0.15, 0.2) is 5.69 Å². The summed E-state index contributed by atoms with van der Waals surface area (Å²) in [6.45, 7) is 1.84. The van der Waals surface area contributed by atoms with Crippen LogP contribution in [0.3, 0.4) is 0 Å². The molecule has 0 aliphatic heterocycles. The first-order valence-corrected chi connectivity index (χ1v) is 7.28. The number of halogens is 3. The van der Waals surface area contributed by atoms with Crippen molar-refractivity contribution in [2.24, 2.45) is 0 Å². The minimum absolute atomic E-state index is 0.0817. The lowest BCUT2D eigenvalue weighted by Crippen LogP contribution is -2.12. The second kappa shape index (κ2) is 6.55. The predicted molar refractivity (Wildman–Crippen MR) is 82.8 cm³/mol. The average Bonchev–Trinajstić information content (AvgIpc) is 3.02. The van der Waals surface area contributed by atoms with Gasteiger partial charge in [-0.05, 0) is 30.7 Å². The molecule has 0 fully saturated rings. The van der Waals surface area contributed by atoms with Gasteiger partial charge in [-0.3, -0.25) is 0 Å². The summed E-state index contributed by atoms with van der Waals surface area (Å²) >= 11 is 0. The van der Waals surface area contributed by atoms with E-state index in [0.717, 1.165) is 18.0 Å². The number of benzene rings is 1. The van der Waals surface area contributed by atoms with Gasteiger partial charge < -0.3 is 15.2 Å². The Bertz CT molecular complexity index is 894. The van der Waals surface area contributed by atoms with Crippen molar-refractivity contribution in [3.63, 3.8) is 0 Å². The molecule has 10 heteroatoms. The molecule has 0 saturated carbocycles. The van der Waals surface area contributed by atoms with Crippen molar-refractivity contribution in [3.8, 4) is 5.75 Å². The summed E-state index contributed by atoms with van der Waals surface area (Å²) in [4.78, 5) is 7.17. The highest BCUT2D eigenvalue weighted by molar-refractivity contribution is 5.61. The first-order chi connectivity index (χ1) is 11.9. The number of alkyl halides is 3. The van der Waals surface area contributed by atoms with Crippen LogP contribution in [0.1, 0.15) is 11.3 Å². The van der Waals surface area contributed by atoms with E-state index in [4.69, 9.17) is 9.84 Å². The smallest absolute Gasteiger partial charge is 0.433 e. The van der Waals surface area contributed by atoms with Crippen LogP contribution in [0, 0.1) is 6.92 Å². The third-order valence-electron chi connectivity index (χ3n) is 3.34. The predicted octanol–water partition coefficient (Wildman–Crippen LogP) is 2.57. The number of aliphatic hydroxyl groups excluding tert-OH is 1. The van der Waals surface area contributed by atoms with Gasteiger partial charge in [-0.1, -0.05) is 0 Å². The molecule has 0 amide bonds. The van der Waals surface area contributed by atoms with Crippen LogP contribution in [0.4, 0.5) is 24.7 Å². The molecule has 0 saturated heterocycles. The highest BCUT2D eigenvalue weighted by Crippen LogP contribution is 2.31. The molecule has 25 heavy (non-hydrogen) atoms. The van der Waals surface area contributed by atoms with Gasteiger partial charge in [0.25, 0.3) is 5.78 Å². The number of rotatable bonds is 5. The van der Waals surface area contributed by atoms with Crippen LogP contribution in [0.2, 0.25) is 0 Å². The minimum Gasteiger partial charge on any atom is -0.491 e. The topological polar surface area (TPSA) is 84.6 Å². The van der Waals surface area contributed by atoms with Gasteiger partial charge >= 0.3 is 6.18 Å². The summed E-state index contributed by atoms with van der Waals surface area (Å²) in [6, 6.07) is 5.89. The molecule has 0 spiro atoms. The van der Waals surface area contributed by atoms with Crippen LogP contribution in [-0.2, 0) is 6.18 Å². The Balaban J connectivity index is 1.95. The molecule has 0 bridgehead atoms. The van der Waals surface area contributed by atoms with Crippen molar-refractivity contribution >= 4 is 17.3 Å². The van der Waals surface area contributed by atoms with E-state index in [-0.39, 0.29) is 24.8 Å². The van der Waals surface area contributed by atoms with E-state index in [1.807, 2.05) is 0 Å². The number of hydrogen-bond donors (Lipinski definition) is 2. The standard InChI is InChI=1S/C15H14F3N5O2/c1-9-6-10(2-3-11(9)25-5-4-24)21-13-7-12(15(16,17)18)22-14-19-8-20-23(13)14/h2-3,6-8,21,24H,4-5H2,1H3. The fraction of sp³-hybridized carbons (Fsp3) is 0.267. The van der Waals surface area contributed by atoms with Gasteiger partial charge in [0.1, 0.15) is 24.5 Å². The van der Waals surface area contributed by atoms with E-state index in [2.05, 4.69) is 20.4 Å². The van der Waals surface area contributed by atoms with Crippen molar-refractivity contribution in [2.45, 2.75) is 13.1 Å². The van der Waals surface area contributed by atoms with Gasteiger partial charge in [0.2, 0.25) is 0 Å². The number of nitrogens with one attached hydrogen (secondary N) is 1. The Labute approximate surface area is 140 Å². The molecule has 3 rings (SSSR count). The Morgan fingerprint density at radius 1 is 1.28 bits per heavy atom. The van der Waals surface area contributed by atoms with E-state index in [1.54, 1.807) is 25.1 Å². The van der Waals surface area contributed by atoms with E-state index >= 15 is 0 Å². The number of fused-ring (bicyclic) bond motifs is 1. The first kappa shape index (κ1) is 17.0. The zero-order chi connectivity index (χ0) is 18.0. The summed E-state index contributed by atoms with van der Waals surface area (Å²) < 4.78 is 45.5. The second-order valence-electron chi connectivity index (χ2n) is 5.17. The molecule has 0 aliphatic carbocycles. The molecule has 1 aromatic carbocycles. The lowest BCUT2D eigenvalue weighted by Gasteiger charge is -2.13. The zero-order valence-electron chi connectivity index (χ0n) is 13.1. The third-order valence-corrected chi connectivity index (χ3v) is 3.34. The summed E-state index contributed by atoms with van der Waals surface area (Å²) in [6.07, 6.45) is -3.47. The molecule has 3 aromatic rings. The van der Waals surface area contributed by atoms with Crippen molar-refractivity contribution in [1.29, 1.82) is 0 Å². The summed E-state index contributed by atoms with van der Waals surface area (Å²) in [5, 5.41) is 15.6. The van der Waals surface area contributed by atoms with Crippen molar-refractivity contribution in [3.05, 3.63) is 41.9 Å². The molecule has 0 aliphatic rings. The largest absolute Gasteiger partial charge is 0.491 e. The van der Waals surface area contributed by atoms with Gasteiger partial charge in [0, 0.05) is 11.8 Å². The molecular weight excluding hydrogens is 339 g/mol. The number of aryl methyl sites for hydroxylation is 1. The van der Waals surface area contributed by atoms with Crippen molar-refractivity contribution in [1.82, 2.24) is 19.6 Å². The maximum Gasteiger partial charge on any atom is 0.433 e. The number of ether oxygens (including phenoxy) is 1. The summed E-state index contributed by atoms with van der Waals surface area (Å²) in [5.41, 5.74) is 0.249. The maximum atomic E-state index is 13.0. The molecule has 7 nitrogen and oxygen atoms in total. The molecule has 2 heterocycles. The van der Waals surface area contributed by atoms with Crippen LogP contribution < -0.4 is 10.1 Å². The van der Waals surface area contributed by atoms with Crippen LogP contribution >= 0.6 is 0 Å². The summed E-state index contributed by atoms with van der Waals surface area (Å²) in [7, 11) is 0. The third kappa shape index (κ3) is 3.63. The SMILES string of the molecule is Cc1cc(Nc2cc(C(F)(F)F)nc3ncnn23)ccc1OCCO. The second-order valence-corrected chi connectivity index (χ2v) is 5.17. The van der Waals surface area contributed by atoms with E-state index in [9.17, 15) is 13.2 Å². The normalized spacial score (nSPS) is 11.7. The molecular formula is C15H14F3N5O2. The summed E-state index contributed by atoms with van der Waals surface area (Å²) in [5.74, 6) is 0.506. The molecule has 2 aromatic heterocycles. The minimum atomic E-state index is -4.60. The van der Waals surface area contributed by atoms with E-state index < -0.39 is 11.9 Å². The number of anilines is 2. The molecule has 0 unspecified atom stereocenters. The first-order valence-electron chi connectivity index (χ1n) is 7.28. The monoisotopic (exact) mass is 353 g/mol. The lowest BCUT2D eigenvalue weighted by atomic mass is 10.2. The Morgan fingerprint density at radius 2 is 2.08 bits per heavy atom. The van der Waals surface area contributed by atoms with Crippen LogP contribution in [0.5, 0.6) is 5.75 Å². The zero-order valence-corrected chi connectivity index (χ0v) is 13.1. The number of nitrogens with zero attached hydrogens (tertiary/aromatic N) is 4. The number of aliphatic hydroxyl groups is 1. The highest BCUT2D eigenvalue weighted by atomic mass is 19.4. The quantitative estimate of drug-likeness (QED) is 0.733. The lowest BCUT2D eigenvalue weighted by molar-refractivity contribution is -0.141. The van der Waals surface area contributed by atoms with Gasteiger partial charge in [-0.25, -0.2) is 4.98 Å². The fourth-order valence-electron chi connectivity index (χ4n) is 2.24. The fourth-order valence-corrected chi connectivity index (χ4v) is 2.24. The Kier molecular flexibility index (Phi) is 4.45. The van der Waals surface area contributed by atoms with Gasteiger partial charge in [-0.15, -0.1) is 0 Å². The average molecular weight is 353 g/mol. The van der Waals surface area contributed by atoms with Crippen LogP contribution in [-0.4, -0.2) is 37.9 Å². The molecule has 2 N–H and O–H groups in total.